The highest BCUT2D eigenvalue weighted by atomic mass is 19.1. The summed E-state index contributed by atoms with van der Waals surface area (Å²) in [6, 6.07) is 7.36. The summed E-state index contributed by atoms with van der Waals surface area (Å²) in [5.74, 6) is -0.200. The molecule has 2 aliphatic rings. The van der Waals surface area contributed by atoms with Gasteiger partial charge in [-0.1, -0.05) is 12.1 Å². The summed E-state index contributed by atoms with van der Waals surface area (Å²) in [7, 11) is 0. The Morgan fingerprint density at radius 3 is 3.05 bits per heavy atom. The summed E-state index contributed by atoms with van der Waals surface area (Å²) in [4.78, 5) is 2.53. The molecule has 0 radical (unpaired) electrons. The van der Waals surface area contributed by atoms with Crippen molar-refractivity contribution >= 4 is 0 Å². The van der Waals surface area contributed by atoms with E-state index in [0.29, 0.717) is 18.6 Å². The van der Waals surface area contributed by atoms with Crippen LogP contribution < -0.4 is 10.1 Å². The van der Waals surface area contributed by atoms with E-state index in [2.05, 4.69) is 10.2 Å². The quantitative estimate of drug-likeness (QED) is 0.832. The second-order valence-corrected chi connectivity index (χ2v) is 5.94. The summed E-state index contributed by atoms with van der Waals surface area (Å²) in [5.41, 5.74) is 0. The van der Waals surface area contributed by atoms with Crippen LogP contribution in [0.1, 0.15) is 19.3 Å². The van der Waals surface area contributed by atoms with Crippen molar-refractivity contribution < 1.29 is 14.2 Å². The highest BCUT2D eigenvalue weighted by Crippen LogP contribution is 2.27. The molecule has 21 heavy (non-hydrogen) atoms. The Balaban J connectivity index is 1.40. The molecule has 2 saturated heterocycles. The molecule has 3 unspecified atom stereocenters. The third-order valence-electron chi connectivity index (χ3n) is 4.49. The van der Waals surface area contributed by atoms with Crippen molar-refractivity contribution in [2.45, 2.75) is 37.5 Å². The minimum atomic E-state index is -0.625. The number of nitrogens with one attached hydrogen (secondary N) is 1. The Morgan fingerprint density at radius 2 is 2.19 bits per heavy atom. The van der Waals surface area contributed by atoms with Crippen molar-refractivity contribution in [2.24, 2.45) is 0 Å². The van der Waals surface area contributed by atoms with Crippen molar-refractivity contribution in [3.63, 3.8) is 0 Å². The van der Waals surface area contributed by atoms with Crippen molar-refractivity contribution in [3.8, 4) is 5.75 Å². The van der Waals surface area contributed by atoms with E-state index in [1.54, 1.807) is 18.2 Å². The number of hydrogen-bond donors (Lipinski definition) is 2. The first-order chi connectivity index (χ1) is 10.2. The number of nitrogens with zero attached hydrogens (tertiary/aromatic N) is 1. The standard InChI is InChI=1S/C16H23FN2O2/c17-13-4-1-2-6-16(13)21-11-12(20)10-18-14-7-9-19-8-3-5-15(14)19/h1-2,4,6,12,14-15,18,20H,3,5,7-11H2. The number of hydrogen-bond acceptors (Lipinski definition) is 4. The second-order valence-electron chi connectivity index (χ2n) is 5.94. The fourth-order valence-corrected chi connectivity index (χ4v) is 3.41. The first-order valence-electron chi connectivity index (χ1n) is 7.77. The van der Waals surface area contributed by atoms with Gasteiger partial charge in [0.2, 0.25) is 0 Å². The molecule has 4 nitrogen and oxygen atoms in total. The van der Waals surface area contributed by atoms with Gasteiger partial charge in [-0.15, -0.1) is 0 Å². The van der Waals surface area contributed by atoms with E-state index in [0.717, 1.165) is 13.0 Å². The minimum Gasteiger partial charge on any atom is -0.488 e. The Labute approximate surface area is 124 Å². The summed E-state index contributed by atoms with van der Waals surface area (Å²) in [6.45, 7) is 2.96. The molecule has 0 aliphatic carbocycles. The Bertz CT molecular complexity index is 471. The van der Waals surface area contributed by atoms with Crippen LogP contribution in [0, 0.1) is 5.82 Å². The topological polar surface area (TPSA) is 44.7 Å². The lowest BCUT2D eigenvalue weighted by Gasteiger charge is -2.22. The zero-order valence-corrected chi connectivity index (χ0v) is 12.2. The van der Waals surface area contributed by atoms with Crippen LogP contribution in [-0.4, -0.2) is 54.4 Å². The van der Waals surface area contributed by atoms with Crippen LogP contribution in [0.2, 0.25) is 0 Å². The summed E-state index contributed by atoms with van der Waals surface area (Å²) in [5, 5.41) is 13.4. The molecule has 0 aromatic heterocycles. The van der Waals surface area contributed by atoms with Gasteiger partial charge in [0.1, 0.15) is 12.7 Å². The van der Waals surface area contributed by atoms with E-state index in [4.69, 9.17) is 4.74 Å². The molecular weight excluding hydrogens is 271 g/mol. The van der Waals surface area contributed by atoms with Crippen LogP contribution in [0.3, 0.4) is 0 Å². The number of para-hydroxylation sites is 1. The fourth-order valence-electron chi connectivity index (χ4n) is 3.41. The third kappa shape index (κ3) is 3.54. The lowest BCUT2D eigenvalue weighted by Crippen LogP contribution is -2.43. The molecule has 116 valence electrons. The van der Waals surface area contributed by atoms with E-state index < -0.39 is 11.9 Å². The van der Waals surface area contributed by atoms with E-state index in [1.165, 1.54) is 25.5 Å². The van der Waals surface area contributed by atoms with Crippen LogP contribution in [0.4, 0.5) is 4.39 Å². The number of aliphatic hydroxyl groups is 1. The molecule has 3 rings (SSSR count). The van der Waals surface area contributed by atoms with Crippen molar-refractivity contribution in [1.29, 1.82) is 0 Å². The van der Waals surface area contributed by atoms with E-state index >= 15 is 0 Å². The molecule has 0 amide bonds. The van der Waals surface area contributed by atoms with Gasteiger partial charge < -0.3 is 15.2 Å². The maximum absolute atomic E-state index is 13.4. The number of ether oxygens (including phenoxy) is 1. The largest absolute Gasteiger partial charge is 0.488 e. The molecule has 5 heteroatoms. The van der Waals surface area contributed by atoms with Gasteiger partial charge in [0.05, 0.1) is 0 Å². The van der Waals surface area contributed by atoms with Crippen LogP contribution in [-0.2, 0) is 0 Å². The molecule has 0 bridgehead atoms. The van der Waals surface area contributed by atoms with Crippen LogP contribution in [0.15, 0.2) is 24.3 Å². The van der Waals surface area contributed by atoms with Crippen LogP contribution >= 0.6 is 0 Å². The second kappa shape index (κ2) is 6.73. The van der Waals surface area contributed by atoms with Gasteiger partial charge in [-0.3, -0.25) is 4.90 Å². The molecule has 0 saturated carbocycles. The molecule has 0 spiro atoms. The zero-order valence-electron chi connectivity index (χ0n) is 12.2. The number of rotatable bonds is 6. The van der Waals surface area contributed by atoms with E-state index in [9.17, 15) is 9.50 Å². The highest BCUT2D eigenvalue weighted by Gasteiger charge is 2.36. The molecular formula is C16H23FN2O2. The van der Waals surface area contributed by atoms with Crippen molar-refractivity contribution in [3.05, 3.63) is 30.1 Å². The van der Waals surface area contributed by atoms with Crippen LogP contribution in [0.5, 0.6) is 5.75 Å². The Morgan fingerprint density at radius 1 is 1.33 bits per heavy atom. The first-order valence-corrected chi connectivity index (χ1v) is 7.77. The van der Waals surface area contributed by atoms with Gasteiger partial charge in [0, 0.05) is 25.2 Å². The van der Waals surface area contributed by atoms with Crippen LogP contribution in [0.25, 0.3) is 0 Å². The highest BCUT2D eigenvalue weighted by molar-refractivity contribution is 5.23. The smallest absolute Gasteiger partial charge is 0.165 e. The summed E-state index contributed by atoms with van der Waals surface area (Å²) in [6.07, 6.45) is 3.05. The normalized spacial score (nSPS) is 26.8. The van der Waals surface area contributed by atoms with Gasteiger partial charge in [-0.2, -0.15) is 0 Å². The number of benzene rings is 1. The van der Waals surface area contributed by atoms with Gasteiger partial charge in [0.25, 0.3) is 0 Å². The minimum absolute atomic E-state index is 0.106. The fraction of sp³-hybridized carbons (Fsp3) is 0.625. The van der Waals surface area contributed by atoms with Crippen molar-refractivity contribution in [1.82, 2.24) is 10.2 Å². The average molecular weight is 294 g/mol. The average Bonchev–Trinajstić information content (AvgIpc) is 3.08. The van der Waals surface area contributed by atoms with E-state index in [-0.39, 0.29) is 12.4 Å². The van der Waals surface area contributed by atoms with Gasteiger partial charge >= 0.3 is 0 Å². The summed E-state index contributed by atoms with van der Waals surface area (Å²) >= 11 is 0. The SMILES string of the molecule is OC(CNC1CCN2CCCC12)COc1ccccc1F. The van der Waals surface area contributed by atoms with Gasteiger partial charge in [-0.25, -0.2) is 4.39 Å². The van der Waals surface area contributed by atoms with Gasteiger partial charge in [0.15, 0.2) is 11.6 Å². The summed E-state index contributed by atoms with van der Waals surface area (Å²) < 4.78 is 18.7. The van der Waals surface area contributed by atoms with Crippen molar-refractivity contribution in [2.75, 3.05) is 26.2 Å². The molecule has 2 heterocycles. The molecule has 2 aliphatic heterocycles. The van der Waals surface area contributed by atoms with Gasteiger partial charge in [-0.05, 0) is 37.9 Å². The predicted molar refractivity (Wildman–Crippen MR) is 78.9 cm³/mol. The molecule has 2 N–H and O–H groups in total. The maximum Gasteiger partial charge on any atom is 0.165 e. The number of halogens is 1. The van der Waals surface area contributed by atoms with E-state index in [1.807, 2.05) is 0 Å². The third-order valence-corrected chi connectivity index (χ3v) is 4.49. The molecule has 3 atom stereocenters. The molecule has 1 aromatic carbocycles. The zero-order chi connectivity index (χ0) is 14.7. The molecule has 2 fully saturated rings. The number of fused-ring (bicyclic) bond motifs is 1. The first kappa shape index (κ1) is 14.8. The molecule has 1 aromatic rings. The Kier molecular flexibility index (Phi) is 4.73. The predicted octanol–water partition coefficient (Wildman–Crippen LogP) is 1.39. The maximum atomic E-state index is 13.4. The monoisotopic (exact) mass is 294 g/mol. The lowest BCUT2D eigenvalue weighted by atomic mass is 10.1. The Hall–Kier alpha value is -1.17. The lowest BCUT2D eigenvalue weighted by molar-refractivity contribution is 0.0999. The number of aliphatic hydroxyl groups excluding tert-OH is 1.